The van der Waals surface area contributed by atoms with Gasteiger partial charge in [0.15, 0.2) is 4.77 Å². The van der Waals surface area contributed by atoms with Crippen molar-refractivity contribution in [1.82, 2.24) is 9.55 Å². The van der Waals surface area contributed by atoms with Crippen LogP contribution in [0.3, 0.4) is 0 Å². The first kappa shape index (κ1) is 14.0. The third-order valence-corrected chi connectivity index (χ3v) is 4.20. The summed E-state index contributed by atoms with van der Waals surface area (Å²) in [5.74, 6) is -0.208. The molecule has 0 aliphatic carbocycles. The van der Waals surface area contributed by atoms with E-state index in [1.54, 1.807) is 6.92 Å². The molecule has 3 rings (SSSR count). The molecule has 1 heterocycles. The zero-order chi connectivity index (χ0) is 15.0. The van der Waals surface area contributed by atoms with Crippen LogP contribution in [0.2, 0.25) is 0 Å². The molecule has 1 N–H and O–H groups in total. The lowest BCUT2D eigenvalue weighted by atomic mass is 10.1. The molecule has 0 aliphatic heterocycles. The van der Waals surface area contributed by atoms with E-state index in [4.69, 9.17) is 12.2 Å². The van der Waals surface area contributed by atoms with Crippen LogP contribution in [0.4, 0.5) is 4.39 Å². The Hall–Kier alpha value is -1.94. The summed E-state index contributed by atoms with van der Waals surface area (Å²) in [5.41, 5.74) is 4.89. The third-order valence-electron chi connectivity index (χ3n) is 3.88. The fourth-order valence-electron chi connectivity index (χ4n) is 2.67. The minimum Gasteiger partial charge on any atom is -0.330 e. The van der Waals surface area contributed by atoms with E-state index in [2.05, 4.69) is 30.1 Å². The molecule has 0 radical (unpaired) electrons. The second-order valence-electron chi connectivity index (χ2n) is 5.26. The molecule has 4 heteroatoms. The highest BCUT2D eigenvalue weighted by atomic mass is 32.1. The van der Waals surface area contributed by atoms with E-state index < -0.39 is 0 Å². The van der Waals surface area contributed by atoms with Crippen LogP contribution in [0.1, 0.15) is 23.6 Å². The van der Waals surface area contributed by atoms with E-state index in [1.165, 1.54) is 17.2 Å². The minimum atomic E-state index is -0.208. The van der Waals surface area contributed by atoms with Gasteiger partial charge in [-0.3, -0.25) is 0 Å². The molecule has 2 aromatic carbocycles. The van der Waals surface area contributed by atoms with E-state index in [9.17, 15) is 4.39 Å². The van der Waals surface area contributed by atoms with Crippen molar-refractivity contribution in [3.63, 3.8) is 0 Å². The number of H-pyrrole nitrogens is 1. The molecule has 108 valence electrons. The maximum absolute atomic E-state index is 13.7. The molecule has 1 aromatic heterocycles. The number of halogens is 1. The van der Waals surface area contributed by atoms with Crippen molar-refractivity contribution in [2.75, 3.05) is 0 Å². The highest BCUT2D eigenvalue weighted by Crippen LogP contribution is 2.21. The second-order valence-corrected chi connectivity index (χ2v) is 5.64. The SMILES string of the molecule is CCc1ccccc1Cn1c(=S)[nH]c2cc(F)c(C)cc21. The molecule has 0 atom stereocenters. The number of aryl methyl sites for hydroxylation is 2. The normalized spacial score (nSPS) is 11.2. The quantitative estimate of drug-likeness (QED) is 0.692. The van der Waals surface area contributed by atoms with Crippen molar-refractivity contribution in [3.05, 3.63) is 63.7 Å². The van der Waals surface area contributed by atoms with Gasteiger partial charge in [0, 0.05) is 0 Å². The van der Waals surface area contributed by atoms with Crippen LogP contribution >= 0.6 is 12.2 Å². The zero-order valence-corrected chi connectivity index (χ0v) is 12.9. The van der Waals surface area contributed by atoms with Crippen molar-refractivity contribution in [2.24, 2.45) is 0 Å². The standard InChI is InChI=1S/C17H17FN2S/c1-3-12-6-4-5-7-13(12)10-20-16-8-11(2)14(18)9-15(16)19-17(20)21/h4-9H,3,10H2,1-2H3,(H,19,21). The number of fused-ring (bicyclic) bond motifs is 1. The highest BCUT2D eigenvalue weighted by Gasteiger charge is 2.09. The fourth-order valence-corrected chi connectivity index (χ4v) is 2.94. The van der Waals surface area contributed by atoms with Gasteiger partial charge in [-0.05, 0) is 54.4 Å². The summed E-state index contributed by atoms with van der Waals surface area (Å²) in [5, 5.41) is 0. The van der Waals surface area contributed by atoms with Crippen molar-refractivity contribution in [2.45, 2.75) is 26.8 Å². The number of aromatic amines is 1. The van der Waals surface area contributed by atoms with Gasteiger partial charge >= 0.3 is 0 Å². The van der Waals surface area contributed by atoms with Gasteiger partial charge in [-0.25, -0.2) is 4.39 Å². The van der Waals surface area contributed by atoms with E-state index in [1.807, 2.05) is 16.7 Å². The van der Waals surface area contributed by atoms with Crippen molar-refractivity contribution in [1.29, 1.82) is 0 Å². The molecule has 0 spiro atoms. The zero-order valence-electron chi connectivity index (χ0n) is 12.1. The molecule has 2 nitrogen and oxygen atoms in total. The van der Waals surface area contributed by atoms with Crippen LogP contribution in [0, 0.1) is 17.5 Å². The molecular formula is C17H17FN2S. The number of benzene rings is 2. The van der Waals surface area contributed by atoms with Gasteiger partial charge in [-0.15, -0.1) is 0 Å². The highest BCUT2D eigenvalue weighted by molar-refractivity contribution is 7.71. The summed E-state index contributed by atoms with van der Waals surface area (Å²) in [7, 11) is 0. The first-order chi connectivity index (χ1) is 10.1. The van der Waals surface area contributed by atoms with Crippen LogP contribution in [-0.2, 0) is 13.0 Å². The smallest absolute Gasteiger partial charge is 0.178 e. The lowest BCUT2D eigenvalue weighted by molar-refractivity contribution is 0.620. The minimum absolute atomic E-state index is 0.208. The summed E-state index contributed by atoms with van der Waals surface area (Å²) in [6.07, 6.45) is 0.986. The van der Waals surface area contributed by atoms with Gasteiger partial charge in [0.05, 0.1) is 17.6 Å². The number of nitrogens with one attached hydrogen (secondary N) is 1. The summed E-state index contributed by atoms with van der Waals surface area (Å²) < 4.78 is 16.3. The van der Waals surface area contributed by atoms with Crippen LogP contribution in [0.25, 0.3) is 11.0 Å². The topological polar surface area (TPSA) is 20.7 Å². The largest absolute Gasteiger partial charge is 0.330 e. The first-order valence-corrected chi connectivity index (χ1v) is 7.46. The molecule has 0 amide bonds. The maximum atomic E-state index is 13.7. The van der Waals surface area contributed by atoms with Gasteiger partial charge in [0.25, 0.3) is 0 Å². The Labute approximate surface area is 128 Å². The van der Waals surface area contributed by atoms with E-state index >= 15 is 0 Å². The predicted octanol–water partition coefficient (Wildman–Crippen LogP) is 4.76. The number of nitrogens with zero attached hydrogens (tertiary/aromatic N) is 1. The Kier molecular flexibility index (Phi) is 3.64. The molecule has 0 bridgehead atoms. The Morgan fingerprint density at radius 2 is 1.90 bits per heavy atom. The molecule has 0 fully saturated rings. The fraction of sp³-hybridized carbons (Fsp3) is 0.235. The van der Waals surface area contributed by atoms with E-state index in [0.29, 0.717) is 16.9 Å². The second kappa shape index (κ2) is 5.45. The monoisotopic (exact) mass is 300 g/mol. The number of hydrogen-bond acceptors (Lipinski definition) is 1. The van der Waals surface area contributed by atoms with Gasteiger partial charge < -0.3 is 9.55 Å². The van der Waals surface area contributed by atoms with E-state index in [0.717, 1.165) is 17.5 Å². The molecule has 0 saturated carbocycles. The lowest BCUT2D eigenvalue weighted by Crippen LogP contribution is -2.03. The van der Waals surface area contributed by atoms with Gasteiger partial charge in [-0.1, -0.05) is 31.2 Å². The van der Waals surface area contributed by atoms with Gasteiger partial charge in [0.2, 0.25) is 0 Å². The molecule has 0 aliphatic rings. The Morgan fingerprint density at radius 3 is 2.62 bits per heavy atom. The molecular weight excluding hydrogens is 283 g/mol. The van der Waals surface area contributed by atoms with Gasteiger partial charge in [-0.2, -0.15) is 0 Å². The van der Waals surface area contributed by atoms with Gasteiger partial charge in [0.1, 0.15) is 5.82 Å². The van der Waals surface area contributed by atoms with Crippen LogP contribution in [0.5, 0.6) is 0 Å². The molecule has 0 unspecified atom stereocenters. The van der Waals surface area contributed by atoms with Crippen molar-refractivity contribution >= 4 is 23.3 Å². The number of imidazole rings is 1. The summed E-state index contributed by atoms with van der Waals surface area (Å²) in [6.45, 7) is 4.62. The maximum Gasteiger partial charge on any atom is 0.178 e. The van der Waals surface area contributed by atoms with Crippen molar-refractivity contribution < 1.29 is 4.39 Å². The molecule has 0 saturated heterocycles. The Morgan fingerprint density at radius 1 is 1.19 bits per heavy atom. The summed E-state index contributed by atoms with van der Waals surface area (Å²) >= 11 is 5.40. The third kappa shape index (κ3) is 2.51. The molecule has 3 aromatic rings. The van der Waals surface area contributed by atoms with Crippen LogP contribution in [0.15, 0.2) is 36.4 Å². The predicted molar refractivity (Wildman–Crippen MR) is 86.7 cm³/mol. The number of rotatable bonds is 3. The average Bonchev–Trinajstić information content (AvgIpc) is 2.76. The number of hydrogen-bond donors (Lipinski definition) is 1. The van der Waals surface area contributed by atoms with E-state index in [-0.39, 0.29) is 5.82 Å². The Balaban J connectivity index is 2.14. The summed E-state index contributed by atoms with van der Waals surface area (Å²) in [4.78, 5) is 3.09. The van der Waals surface area contributed by atoms with Crippen LogP contribution in [-0.4, -0.2) is 9.55 Å². The lowest BCUT2D eigenvalue weighted by Gasteiger charge is -2.10. The first-order valence-electron chi connectivity index (χ1n) is 7.05. The average molecular weight is 300 g/mol. The summed E-state index contributed by atoms with van der Waals surface area (Å²) in [6, 6.07) is 11.7. The Bertz CT molecular complexity index is 861. The van der Waals surface area contributed by atoms with Crippen molar-refractivity contribution in [3.8, 4) is 0 Å². The molecule has 21 heavy (non-hydrogen) atoms. The number of aromatic nitrogens is 2. The van der Waals surface area contributed by atoms with Crippen LogP contribution < -0.4 is 0 Å².